The summed E-state index contributed by atoms with van der Waals surface area (Å²) in [4.78, 5) is 10.7. The van der Waals surface area contributed by atoms with E-state index in [0.717, 1.165) is 33.5 Å². The summed E-state index contributed by atoms with van der Waals surface area (Å²) < 4.78 is 0. The van der Waals surface area contributed by atoms with Gasteiger partial charge in [-0.3, -0.25) is 0 Å². The highest BCUT2D eigenvalue weighted by molar-refractivity contribution is 6.09. The first-order chi connectivity index (χ1) is 29.0. The number of nitrogens with zero attached hydrogens (tertiary/aromatic N) is 2. The van der Waals surface area contributed by atoms with Gasteiger partial charge in [0.2, 0.25) is 0 Å². The van der Waals surface area contributed by atoms with Gasteiger partial charge < -0.3 is 0 Å². The van der Waals surface area contributed by atoms with E-state index in [-0.39, 0.29) is 5.41 Å². The smallest absolute Gasteiger partial charge is 0.161 e. The lowest BCUT2D eigenvalue weighted by atomic mass is 9.80. The average Bonchev–Trinajstić information content (AvgIpc) is 3.55. The van der Waals surface area contributed by atoms with Gasteiger partial charge in [-0.1, -0.05) is 208 Å². The Morgan fingerprint density at radius 3 is 1.42 bits per heavy atom. The Kier molecular flexibility index (Phi) is 8.20. The van der Waals surface area contributed by atoms with Crippen molar-refractivity contribution in [1.82, 2.24) is 9.97 Å². The van der Waals surface area contributed by atoms with Crippen LogP contribution in [0.1, 0.15) is 25.0 Å². The third-order valence-electron chi connectivity index (χ3n) is 12.3. The maximum Gasteiger partial charge on any atom is 0.161 e. The molecule has 0 saturated carbocycles. The molecule has 0 unspecified atom stereocenters. The van der Waals surface area contributed by atoms with Crippen LogP contribution in [-0.4, -0.2) is 9.97 Å². The molecule has 10 aromatic rings. The van der Waals surface area contributed by atoms with E-state index >= 15 is 0 Å². The summed E-state index contributed by atoms with van der Waals surface area (Å²) in [6.45, 7) is 4.75. The highest BCUT2D eigenvalue weighted by Crippen LogP contribution is 2.55. The fourth-order valence-electron chi connectivity index (χ4n) is 9.40. The summed E-state index contributed by atoms with van der Waals surface area (Å²) in [6, 6.07) is 74.2. The summed E-state index contributed by atoms with van der Waals surface area (Å²) >= 11 is 0. The van der Waals surface area contributed by atoms with E-state index in [1.54, 1.807) is 0 Å². The normalized spacial score (nSPS) is 12.7. The van der Waals surface area contributed by atoms with Gasteiger partial charge in [0, 0.05) is 22.1 Å². The third kappa shape index (κ3) is 5.87. The second kappa shape index (κ2) is 13.9. The van der Waals surface area contributed by atoms with Crippen molar-refractivity contribution in [2.75, 3.05) is 0 Å². The topological polar surface area (TPSA) is 25.8 Å². The van der Waals surface area contributed by atoms with Crippen molar-refractivity contribution < 1.29 is 0 Å². The molecule has 0 amide bonds. The van der Waals surface area contributed by atoms with Gasteiger partial charge in [-0.25, -0.2) is 9.97 Å². The molecule has 1 aliphatic carbocycles. The summed E-state index contributed by atoms with van der Waals surface area (Å²) in [5, 5.41) is 4.92. The number of hydrogen-bond acceptors (Lipinski definition) is 2. The highest BCUT2D eigenvalue weighted by Gasteiger charge is 2.38. The molecule has 1 aromatic heterocycles. The van der Waals surface area contributed by atoms with Gasteiger partial charge in [0.15, 0.2) is 5.82 Å². The van der Waals surface area contributed by atoms with Crippen LogP contribution in [0.2, 0.25) is 0 Å². The van der Waals surface area contributed by atoms with Gasteiger partial charge in [-0.15, -0.1) is 0 Å². The molecule has 0 spiro atoms. The maximum atomic E-state index is 5.34. The zero-order chi connectivity index (χ0) is 39.5. The molecule has 0 fully saturated rings. The Hall–Kier alpha value is -7.42. The lowest BCUT2D eigenvalue weighted by Gasteiger charge is -2.23. The number of rotatable bonds is 6. The Morgan fingerprint density at radius 1 is 0.339 bits per heavy atom. The molecule has 2 nitrogen and oxygen atoms in total. The second-order valence-corrected chi connectivity index (χ2v) is 16.1. The molecule has 59 heavy (non-hydrogen) atoms. The first kappa shape index (κ1) is 34.8. The van der Waals surface area contributed by atoms with Crippen LogP contribution >= 0.6 is 0 Å². The summed E-state index contributed by atoms with van der Waals surface area (Å²) in [5.74, 6) is 0.704. The SMILES string of the molecule is CC1(C)c2cccc(-c3ccc(-c4nc(-c5ccc(-c6ccccc6)cc5)cc(-c5ccc(-c6ccccc6)cc5)n4)c4ccccc34)c2-c2ccc3ccccc3c21. The van der Waals surface area contributed by atoms with Crippen molar-refractivity contribution >= 4 is 21.5 Å². The number of benzene rings is 9. The number of fused-ring (bicyclic) bond motifs is 6. The molecule has 0 atom stereocenters. The molecular formula is C57H40N2. The zero-order valence-electron chi connectivity index (χ0n) is 33.0. The predicted molar refractivity (Wildman–Crippen MR) is 247 cm³/mol. The minimum atomic E-state index is -0.138. The van der Waals surface area contributed by atoms with Crippen LogP contribution in [0.15, 0.2) is 206 Å². The second-order valence-electron chi connectivity index (χ2n) is 16.1. The summed E-state index contributed by atoms with van der Waals surface area (Å²) in [7, 11) is 0. The minimum absolute atomic E-state index is 0.138. The van der Waals surface area contributed by atoms with Crippen LogP contribution in [0, 0.1) is 0 Å². The lowest BCUT2D eigenvalue weighted by molar-refractivity contribution is 0.666. The van der Waals surface area contributed by atoms with Crippen LogP contribution < -0.4 is 0 Å². The van der Waals surface area contributed by atoms with Crippen molar-refractivity contribution in [1.29, 1.82) is 0 Å². The van der Waals surface area contributed by atoms with Crippen LogP contribution in [0.25, 0.3) is 100.0 Å². The van der Waals surface area contributed by atoms with E-state index in [0.29, 0.717) is 5.82 Å². The molecule has 278 valence electrons. The minimum Gasteiger partial charge on any atom is -0.228 e. The lowest BCUT2D eigenvalue weighted by Crippen LogP contribution is -2.15. The fraction of sp³-hybridized carbons (Fsp3) is 0.0526. The number of hydrogen-bond donors (Lipinski definition) is 0. The van der Waals surface area contributed by atoms with Crippen LogP contribution in [-0.2, 0) is 5.41 Å². The molecule has 0 bridgehead atoms. The molecule has 0 saturated heterocycles. The third-order valence-corrected chi connectivity index (χ3v) is 12.3. The van der Waals surface area contributed by atoms with Crippen LogP contribution in [0.4, 0.5) is 0 Å². The molecule has 11 rings (SSSR count). The number of aromatic nitrogens is 2. The van der Waals surface area contributed by atoms with Gasteiger partial charge in [0.05, 0.1) is 11.4 Å². The van der Waals surface area contributed by atoms with Crippen molar-refractivity contribution in [3.05, 3.63) is 217 Å². The van der Waals surface area contributed by atoms with E-state index in [2.05, 4.69) is 220 Å². The molecule has 0 N–H and O–H groups in total. The van der Waals surface area contributed by atoms with Gasteiger partial charge in [0.1, 0.15) is 0 Å². The summed E-state index contributed by atoms with van der Waals surface area (Å²) in [5.41, 5.74) is 17.4. The molecule has 2 heteroatoms. The van der Waals surface area contributed by atoms with Crippen LogP contribution in [0.3, 0.4) is 0 Å². The van der Waals surface area contributed by atoms with Gasteiger partial charge in [-0.05, 0) is 89.3 Å². The highest BCUT2D eigenvalue weighted by atomic mass is 14.9. The fourth-order valence-corrected chi connectivity index (χ4v) is 9.40. The Bertz CT molecular complexity index is 3100. The van der Waals surface area contributed by atoms with Crippen molar-refractivity contribution in [2.24, 2.45) is 0 Å². The Balaban J connectivity index is 1.07. The van der Waals surface area contributed by atoms with Crippen molar-refractivity contribution in [2.45, 2.75) is 19.3 Å². The largest absolute Gasteiger partial charge is 0.228 e. The zero-order valence-corrected chi connectivity index (χ0v) is 33.0. The molecule has 0 radical (unpaired) electrons. The average molecular weight is 753 g/mol. The standard InChI is InChI=1S/C57H40N2/c1-57(2)51-23-13-22-48(54(51)50-33-32-41-18-9-10-19-44(41)55(50)57)47-34-35-49(46-21-12-11-20-45(46)47)56-58-52(42-28-24-39(25-29-42)37-14-5-3-6-15-37)36-53(59-56)43-30-26-40(27-31-43)38-16-7-4-8-17-38/h3-36H,1-2H3. The van der Waals surface area contributed by atoms with Gasteiger partial charge in [-0.2, -0.15) is 0 Å². The maximum absolute atomic E-state index is 5.34. The molecule has 0 aliphatic heterocycles. The van der Waals surface area contributed by atoms with Crippen molar-refractivity contribution in [3.63, 3.8) is 0 Å². The summed E-state index contributed by atoms with van der Waals surface area (Å²) in [6.07, 6.45) is 0. The molecular weight excluding hydrogens is 713 g/mol. The quantitative estimate of drug-likeness (QED) is 0.169. The van der Waals surface area contributed by atoms with Crippen molar-refractivity contribution in [3.8, 4) is 78.4 Å². The first-order valence-electron chi connectivity index (χ1n) is 20.4. The van der Waals surface area contributed by atoms with Crippen LogP contribution in [0.5, 0.6) is 0 Å². The van der Waals surface area contributed by atoms with E-state index in [4.69, 9.17) is 9.97 Å². The monoisotopic (exact) mass is 752 g/mol. The van der Waals surface area contributed by atoms with E-state index in [1.165, 1.54) is 71.8 Å². The predicted octanol–water partition coefficient (Wildman–Crippen LogP) is 15.1. The molecule has 9 aromatic carbocycles. The Morgan fingerprint density at radius 2 is 0.814 bits per heavy atom. The van der Waals surface area contributed by atoms with E-state index in [1.807, 2.05) is 0 Å². The Labute approximate surface area is 345 Å². The molecule has 1 heterocycles. The van der Waals surface area contributed by atoms with E-state index < -0.39 is 0 Å². The van der Waals surface area contributed by atoms with Gasteiger partial charge in [0.25, 0.3) is 0 Å². The van der Waals surface area contributed by atoms with E-state index in [9.17, 15) is 0 Å². The van der Waals surface area contributed by atoms with Gasteiger partial charge >= 0.3 is 0 Å². The first-order valence-corrected chi connectivity index (χ1v) is 20.4. The molecule has 1 aliphatic rings.